The second kappa shape index (κ2) is 6.66. The van der Waals surface area contributed by atoms with Gasteiger partial charge in [-0.05, 0) is 40.8 Å². The predicted molar refractivity (Wildman–Crippen MR) is 89.6 cm³/mol. The second-order valence-electron chi connectivity index (χ2n) is 7.19. The van der Waals surface area contributed by atoms with E-state index in [1.807, 2.05) is 30.3 Å². The summed E-state index contributed by atoms with van der Waals surface area (Å²) in [5.41, 5.74) is 1.09. The SMILES string of the molecule is CC(C)(C)C1OCCCC1CNc1nnnn1-c1ccccc1. The maximum Gasteiger partial charge on any atom is 0.247 e. The van der Waals surface area contributed by atoms with Crippen molar-refractivity contribution in [3.05, 3.63) is 30.3 Å². The Morgan fingerprint density at radius 3 is 2.78 bits per heavy atom. The number of nitrogens with one attached hydrogen (secondary N) is 1. The number of hydrogen-bond donors (Lipinski definition) is 1. The van der Waals surface area contributed by atoms with E-state index in [0.717, 1.165) is 25.3 Å². The van der Waals surface area contributed by atoms with Crippen molar-refractivity contribution in [1.82, 2.24) is 20.2 Å². The minimum atomic E-state index is 0.137. The first-order valence-electron chi connectivity index (χ1n) is 8.25. The molecule has 3 rings (SSSR count). The van der Waals surface area contributed by atoms with Crippen molar-refractivity contribution >= 4 is 5.95 Å². The van der Waals surface area contributed by atoms with Crippen molar-refractivity contribution in [3.63, 3.8) is 0 Å². The van der Waals surface area contributed by atoms with Gasteiger partial charge in [-0.25, -0.2) is 0 Å². The first-order chi connectivity index (χ1) is 11.1. The molecule has 1 aromatic heterocycles. The zero-order valence-corrected chi connectivity index (χ0v) is 14.1. The minimum absolute atomic E-state index is 0.137. The highest BCUT2D eigenvalue weighted by Gasteiger charge is 2.35. The standard InChI is InChI=1S/C17H25N5O/c1-17(2,3)15-13(8-7-11-23-15)12-18-16-19-20-21-22(16)14-9-5-4-6-10-14/h4-6,9-10,13,15H,7-8,11-12H2,1-3H3,(H,18,19,21). The fourth-order valence-corrected chi connectivity index (χ4v) is 3.27. The van der Waals surface area contributed by atoms with Crippen molar-refractivity contribution in [2.24, 2.45) is 11.3 Å². The fraction of sp³-hybridized carbons (Fsp3) is 0.588. The molecule has 0 saturated carbocycles. The van der Waals surface area contributed by atoms with Crippen molar-refractivity contribution in [1.29, 1.82) is 0 Å². The highest BCUT2D eigenvalue weighted by molar-refractivity contribution is 5.38. The number of aromatic nitrogens is 4. The average Bonchev–Trinajstić information content (AvgIpc) is 3.02. The van der Waals surface area contributed by atoms with Gasteiger partial charge in [0.25, 0.3) is 0 Å². The Morgan fingerprint density at radius 2 is 2.04 bits per heavy atom. The predicted octanol–water partition coefficient (Wildman–Crippen LogP) is 2.92. The number of benzene rings is 1. The molecule has 0 bridgehead atoms. The van der Waals surface area contributed by atoms with Crippen LogP contribution in [0.1, 0.15) is 33.6 Å². The van der Waals surface area contributed by atoms with E-state index in [1.165, 1.54) is 6.42 Å². The first-order valence-corrected chi connectivity index (χ1v) is 8.25. The van der Waals surface area contributed by atoms with E-state index in [0.29, 0.717) is 11.9 Å². The van der Waals surface area contributed by atoms with E-state index in [9.17, 15) is 0 Å². The normalized spacial score (nSPS) is 22.0. The number of tetrazole rings is 1. The van der Waals surface area contributed by atoms with Gasteiger partial charge in [0.2, 0.25) is 5.95 Å². The van der Waals surface area contributed by atoms with Crippen LogP contribution in [0.4, 0.5) is 5.95 Å². The van der Waals surface area contributed by atoms with Gasteiger partial charge in [0.05, 0.1) is 11.8 Å². The van der Waals surface area contributed by atoms with Crippen molar-refractivity contribution < 1.29 is 4.74 Å². The van der Waals surface area contributed by atoms with Crippen molar-refractivity contribution in [3.8, 4) is 5.69 Å². The molecule has 2 atom stereocenters. The molecule has 1 saturated heterocycles. The molecular weight excluding hydrogens is 290 g/mol. The average molecular weight is 315 g/mol. The third-order valence-corrected chi connectivity index (χ3v) is 4.29. The Bertz CT molecular complexity index is 619. The number of nitrogens with zero attached hydrogens (tertiary/aromatic N) is 4. The first kappa shape index (κ1) is 15.9. The molecule has 2 aromatic rings. The molecule has 6 nitrogen and oxygen atoms in total. The molecule has 1 fully saturated rings. The molecule has 1 aliphatic heterocycles. The van der Waals surface area contributed by atoms with E-state index in [4.69, 9.17) is 4.74 Å². The Hall–Kier alpha value is -1.95. The second-order valence-corrected chi connectivity index (χ2v) is 7.19. The van der Waals surface area contributed by atoms with Gasteiger partial charge in [-0.15, -0.1) is 0 Å². The van der Waals surface area contributed by atoms with E-state index in [-0.39, 0.29) is 11.5 Å². The third kappa shape index (κ3) is 3.69. The quantitative estimate of drug-likeness (QED) is 0.940. The lowest BCUT2D eigenvalue weighted by molar-refractivity contribution is -0.0814. The molecule has 1 N–H and O–H groups in total. The lowest BCUT2D eigenvalue weighted by Gasteiger charge is -2.40. The fourth-order valence-electron chi connectivity index (χ4n) is 3.27. The highest BCUT2D eigenvalue weighted by Crippen LogP contribution is 2.34. The highest BCUT2D eigenvalue weighted by atomic mass is 16.5. The molecule has 0 aliphatic carbocycles. The minimum Gasteiger partial charge on any atom is -0.377 e. The van der Waals surface area contributed by atoms with Crippen molar-refractivity contribution in [2.75, 3.05) is 18.5 Å². The Kier molecular flexibility index (Phi) is 4.61. The van der Waals surface area contributed by atoms with Gasteiger partial charge in [0.15, 0.2) is 0 Å². The van der Waals surface area contributed by atoms with Crippen molar-refractivity contribution in [2.45, 2.75) is 39.7 Å². The summed E-state index contributed by atoms with van der Waals surface area (Å²) in [5, 5.41) is 15.4. The van der Waals surface area contributed by atoms with Crippen LogP contribution in [0.3, 0.4) is 0 Å². The smallest absolute Gasteiger partial charge is 0.247 e. The summed E-state index contributed by atoms with van der Waals surface area (Å²) < 4.78 is 7.77. The largest absolute Gasteiger partial charge is 0.377 e. The summed E-state index contributed by atoms with van der Waals surface area (Å²) in [7, 11) is 0. The summed E-state index contributed by atoms with van der Waals surface area (Å²) in [5.74, 6) is 1.14. The molecule has 124 valence electrons. The number of para-hydroxylation sites is 1. The molecule has 1 aromatic carbocycles. The van der Waals surface area contributed by atoms with Gasteiger partial charge in [-0.1, -0.05) is 44.1 Å². The summed E-state index contributed by atoms with van der Waals surface area (Å²) >= 11 is 0. The van der Waals surface area contributed by atoms with E-state index >= 15 is 0 Å². The molecule has 2 unspecified atom stereocenters. The zero-order chi connectivity index (χ0) is 16.3. The number of rotatable bonds is 4. The molecule has 0 radical (unpaired) electrons. The Balaban J connectivity index is 1.70. The maximum atomic E-state index is 6.04. The molecular formula is C17H25N5O. The summed E-state index contributed by atoms with van der Waals surface area (Å²) in [6, 6.07) is 9.91. The summed E-state index contributed by atoms with van der Waals surface area (Å²) in [4.78, 5) is 0. The zero-order valence-electron chi connectivity index (χ0n) is 14.1. The molecule has 0 amide bonds. The van der Waals surface area contributed by atoms with Crippen LogP contribution >= 0.6 is 0 Å². The van der Waals surface area contributed by atoms with Gasteiger partial charge in [0, 0.05) is 19.1 Å². The topological polar surface area (TPSA) is 64.9 Å². The van der Waals surface area contributed by atoms with Crippen LogP contribution in [-0.2, 0) is 4.74 Å². The third-order valence-electron chi connectivity index (χ3n) is 4.29. The summed E-state index contributed by atoms with van der Waals surface area (Å²) in [6.07, 6.45) is 2.54. The Morgan fingerprint density at radius 1 is 1.26 bits per heavy atom. The maximum absolute atomic E-state index is 6.04. The van der Waals surface area contributed by atoms with Crippen LogP contribution in [0.2, 0.25) is 0 Å². The van der Waals surface area contributed by atoms with Crippen LogP contribution in [0.15, 0.2) is 30.3 Å². The van der Waals surface area contributed by atoms with E-state index in [1.54, 1.807) is 4.68 Å². The molecule has 2 heterocycles. The van der Waals surface area contributed by atoms with E-state index in [2.05, 4.69) is 41.6 Å². The number of ether oxygens (including phenoxy) is 1. The van der Waals surface area contributed by atoms with Crippen LogP contribution in [0.5, 0.6) is 0 Å². The van der Waals surface area contributed by atoms with Crippen LogP contribution in [-0.4, -0.2) is 39.5 Å². The Labute approximate surface area is 137 Å². The van der Waals surface area contributed by atoms with Crippen LogP contribution in [0.25, 0.3) is 5.69 Å². The monoisotopic (exact) mass is 315 g/mol. The van der Waals surface area contributed by atoms with Gasteiger partial charge < -0.3 is 10.1 Å². The lowest BCUT2D eigenvalue weighted by Crippen LogP contribution is -2.42. The molecule has 1 aliphatic rings. The molecule has 6 heteroatoms. The van der Waals surface area contributed by atoms with Gasteiger partial charge in [-0.3, -0.25) is 0 Å². The van der Waals surface area contributed by atoms with Gasteiger partial charge in [-0.2, -0.15) is 4.68 Å². The van der Waals surface area contributed by atoms with Crippen LogP contribution in [0, 0.1) is 11.3 Å². The van der Waals surface area contributed by atoms with Gasteiger partial charge >= 0.3 is 0 Å². The summed E-state index contributed by atoms with van der Waals surface area (Å²) in [6.45, 7) is 8.40. The lowest BCUT2D eigenvalue weighted by atomic mass is 9.78. The number of anilines is 1. The molecule has 23 heavy (non-hydrogen) atoms. The number of hydrogen-bond acceptors (Lipinski definition) is 5. The molecule has 0 spiro atoms. The van der Waals surface area contributed by atoms with E-state index < -0.39 is 0 Å². The van der Waals surface area contributed by atoms with Crippen LogP contribution < -0.4 is 5.32 Å². The van der Waals surface area contributed by atoms with Gasteiger partial charge in [0.1, 0.15) is 0 Å².